The number of unbranched alkanes of at least 4 members (excludes halogenated alkanes) is 9. The van der Waals surface area contributed by atoms with E-state index in [-0.39, 0.29) is 35.6 Å². The van der Waals surface area contributed by atoms with Crippen molar-refractivity contribution in [3.05, 3.63) is 147 Å². The zero-order valence-corrected chi connectivity index (χ0v) is 52.3. The number of hydrogen-bond donors (Lipinski definition) is 0. The van der Waals surface area contributed by atoms with Crippen LogP contribution in [0.3, 0.4) is 0 Å². The SMILES string of the molecule is C=CC(=O)OCCCCCCOc1ccc(OC(=O)C2CCC(COc3ccc4c(c3)nc(Oc3ccc(OCCCCCCOC(=O)C=C)cc3)c3cc(OCC5CCC(C(=O)Oc6ccc(OCCCCCCOC(=O)C=C)cc6)CC5)ccc34)CC2)cc1. The summed E-state index contributed by atoms with van der Waals surface area (Å²) in [5, 5.41) is 2.65. The maximum absolute atomic E-state index is 13.3. The topological polar surface area (TPSA) is 200 Å². The normalized spacial score (nSPS) is 16.1. The molecular formula is C74H87NO16. The molecule has 2 aliphatic rings. The number of hydrogen-bond acceptors (Lipinski definition) is 17. The van der Waals surface area contributed by atoms with Crippen molar-refractivity contribution in [3.63, 3.8) is 0 Å². The molecule has 0 N–H and O–H groups in total. The summed E-state index contributed by atoms with van der Waals surface area (Å²) in [7, 11) is 0. The number of rotatable bonds is 39. The van der Waals surface area contributed by atoms with Gasteiger partial charge in [0, 0.05) is 35.1 Å². The summed E-state index contributed by atoms with van der Waals surface area (Å²) < 4.78 is 64.1. The quantitative estimate of drug-likeness (QED) is 0.00880. The van der Waals surface area contributed by atoms with E-state index in [9.17, 15) is 24.0 Å². The minimum atomic E-state index is -0.404. The van der Waals surface area contributed by atoms with Crippen molar-refractivity contribution in [2.75, 3.05) is 52.9 Å². The summed E-state index contributed by atoms with van der Waals surface area (Å²) in [5.74, 6) is 3.97. The number of esters is 5. The molecule has 0 spiro atoms. The summed E-state index contributed by atoms with van der Waals surface area (Å²) in [5.41, 5.74) is 0.707. The predicted molar refractivity (Wildman–Crippen MR) is 347 cm³/mol. The average molecular weight is 1250 g/mol. The molecule has 17 heteroatoms. The van der Waals surface area contributed by atoms with E-state index in [1.165, 1.54) is 18.2 Å². The van der Waals surface area contributed by atoms with E-state index in [2.05, 4.69) is 19.7 Å². The van der Waals surface area contributed by atoms with Gasteiger partial charge >= 0.3 is 29.8 Å². The second-order valence-corrected chi connectivity index (χ2v) is 23.1. The molecule has 17 nitrogen and oxygen atoms in total. The zero-order valence-electron chi connectivity index (χ0n) is 52.3. The molecule has 0 amide bonds. The fourth-order valence-corrected chi connectivity index (χ4v) is 11.0. The predicted octanol–water partition coefficient (Wildman–Crippen LogP) is 15.8. The van der Waals surface area contributed by atoms with Gasteiger partial charge < -0.3 is 52.1 Å². The molecule has 1 heterocycles. The highest BCUT2D eigenvalue weighted by Crippen LogP contribution is 2.39. The number of nitrogens with zero attached hydrogens (tertiary/aromatic N) is 1. The van der Waals surface area contributed by atoms with E-state index >= 15 is 0 Å². The standard InChI is InChI=1S/C74H87NO16/c1-4-69(76)84-46-16-10-7-13-43-81-57-27-33-60(34-28-57)89-72-67-49-63(87-51-53-19-23-55(24-20-53)73(79)90-61-35-29-58(30-36-61)82-44-14-8-11-17-47-85-70(77)5-2)39-41-65(67)66-42-40-64(50-68(66)75-72)88-52-54-21-25-56(26-22-54)74(80)91-62-37-31-59(32-38-62)83-45-15-9-12-18-48-86-71(78)6-3/h4-6,27-42,49-50,53-56H,1-3,7-26,43-48,51-52H2. The van der Waals surface area contributed by atoms with Crippen molar-refractivity contribution < 1.29 is 76.1 Å². The lowest BCUT2D eigenvalue weighted by molar-refractivity contribution is -0.141. The summed E-state index contributed by atoms with van der Waals surface area (Å²) >= 11 is 0. The molecule has 484 valence electrons. The minimum absolute atomic E-state index is 0.192. The first-order valence-electron chi connectivity index (χ1n) is 32.3. The molecule has 0 bridgehead atoms. The molecule has 2 saturated carbocycles. The molecule has 8 rings (SSSR count). The molecule has 0 saturated heterocycles. The number of benzene rings is 5. The molecule has 91 heavy (non-hydrogen) atoms. The molecule has 6 aromatic rings. The molecular weight excluding hydrogens is 1160 g/mol. The highest BCUT2D eigenvalue weighted by Gasteiger charge is 2.30. The van der Waals surface area contributed by atoms with Gasteiger partial charge in [-0.2, -0.15) is 0 Å². The first-order valence-corrected chi connectivity index (χ1v) is 32.3. The van der Waals surface area contributed by atoms with Crippen LogP contribution in [-0.2, 0) is 38.2 Å². The molecule has 1 aromatic heterocycles. The lowest BCUT2D eigenvalue weighted by Gasteiger charge is -2.27. The van der Waals surface area contributed by atoms with Gasteiger partial charge in [0.1, 0.15) is 46.0 Å². The first kappa shape index (κ1) is 68.1. The van der Waals surface area contributed by atoms with E-state index < -0.39 is 17.9 Å². The minimum Gasteiger partial charge on any atom is -0.494 e. The fourth-order valence-electron chi connectivity index (χ4n) is 11.0. The van der Waals surface area contributed by atoms with Crippen LogP contribution in [0.4, 0.5) is 0 Å². The molecule has 0 unspecified atom stereocenters. The third-order valence-corrected chi connectivity index (χ3v) is 16.3. The van der Waals surface area contributed by atoms with Gasteiger partial charge in [-0.25, -0.2) is 19.4 Å². The Labute approximate surface area is 534 Å². The molecule has 0 radical (unpaired) electrons. The van der Waals surface area contributed by atoms with Crippen molar-refractivity contribution in [3.8, 4) is 51.9 Å². The van der Waals surface area contributed by atoms with Crippen molar-refractivity contribution in [1.29, 1.82) is 0 Å². The zero-order chi connectivity index (χ0) is 63.8. The highest BCUT2D eigenvalue weighted by atomic mass is 16.6. The molecule has 0 aliphatic heterocycles. The number of fused-ring (bicyclic) bond motifs is 3. The Balaban J connectivity index is 0.814. The van der Waals surface area contributed by atoms with Gasteiger partial charge in [0.05, 0.1) is 70.2 Å². The number of aromatic nitrogens is 1. The van der Waals surface area contributed by atoms with Gasteiger partial charge in [0.15, 0.2) is 0 Å². The van der Waals surface area contributed by atoms with Crippen LogP contribution < -0.4 is 37.9 Å². The Morgan fingerprint density at radius 2 is 0.703 bits per heavy atom. The Morgan fingerprint density at radius 1 is 0.363 bits per heavy atom. The van der Waals surface area contributed by atoms with E-state index in [1.807, 2.05) is 84.9 Å². The highest BCUT2D eigenvalue weighted by molar-refractivity contribution is 6.08. The second kappa shape index (κ2) is 37.3. The maximum Gasteiger partial charge on any atom is 0.330 e. The summed E-state index contributed by atoms with van der Waals surface area (Å²) in [6, 6.07) is 33.8. The summed E-state index contributed by atoms with van der Waals surface area (Å²) in [6.07, 6.45) is 20.3. The number of pyridine rings is 1. The van der Waals surface area contributed by atoms with Gasteiger partial charge in [0.25, 0.3) is 0 Å². The van der Waals surface area contributed by atoms with Crippen LogP contribution in [0, 0.1) is 23.7 Å². The van der Waals surface area contributed by atoms with Crippen LogP contribution in [0.1, 0.15) is 128 Å². The maximum atomic E-state index is 13.3. The Morgan fingerprint density at radius 3 is 1.10 bits per heavy atom. The Kier molecular flexibility index (Phi) is 27.9. The molecule has 2 aliphatic carbocycles. The van der Waals surface area contributed by atoms with Gasteiger partial charge in [-0.3, -0.25) is 9.59 Å². The number of carbonyl (C=O) groups excluding carboxylic acids is 5. The second-order valence-electron chi connectivity index (χ2n) is 23.1. The fraction of sp³-hybridized carbons (Fsp3) is 0.432. The van der Waals surface area contributed by atoms with Crippen LogP contribution >= 0.6 is 0 Å². The monoisotopic (exact) mass is 1250 g/mol. The van der Waals surface area contributed by atoms with Crippen LogP contribution in [0.2, 0.25) is 0 Å². The van der Waals surface area contributed by atoms with Gasteiger partial charge in [-0.15, -0.1) is 0 Å². The molecule has 5 aromatic carbocycles. The van der Waals surface area contributed by atoms with Crippen LogP contribution in [0.15, 0.2) is 147 Å². The Hall–Kier alpha value is -8.86. The lowest BCUT2D eigenvalue weighted by atomic mass is 9.82. The summed E-state index contributed by atoms with van der Waals surface area (Å²) in [4.78, 5) is 65.3. The first-order chi connectivity index (χ1) is 44.5. The van der Waals surface area contributed by atoms with Crippen molar-refractivity contribution in [1.82, 2.24) is 4.98 Å². The van der Waals surface area contributed by atoms with Crippen LogP contribution in [-0.4, -0.2) is 87.7 Å². The third-order valence-electron chi connectivity index (χ3n) is 16.3. The molecule has 0 atom stereocenters. The number of ether oxygens (including phenoxy) is 11. The summed E-state index contributed by atoms with van der Waals surface area (Å²) in [6.45, 7) is 14.1. The average Bonchev–Trinajstić information content (AvgIpc) is 0.836. The van der Waals surface area contributed by atoms with Crippen molar-refractivity contribution >= 4 is 51.5 Å². The van der Waals surface area contributed by atoms with E-state index in [0.29, 0.717) is 130 Å². The van der Waals surface area contributed by atoms with Crippen molar-refractivity contribution in [2.24, 2.45) is 23.7 Å². The van der Waals surface area contributed by atoms with E-state index in [1.54, 1.807) is 24.3 Å². The van der Waals surface area contributed by atoms with Crippen LogP contribution in [0.5, 0.6) is 51.9 Å². The van der Waals surface area contributed by atoms with Gasteiger partial charge in [0.2, 0.25) is 5.88 Å². The molecule has 2 fully saturated rings. The lowest BCUT2D eigenvalue weighted by Crippen LogP contribution is -2.27. The number of carbonyl (C=O) groups is 5. The Bertz CT molecular complexity index is 3290. The van der Waals surface area contributed by atoms with Crippen molar-refractivity contribution in [2.45, 2.75) is 128 Å². The van der Waals surface area contributed by atoms with Crippen LogP contribution in [0.25, 0.3) is 21.7 Å². The largest absolute Gasteiger partial charge is 0.494 e. The third kappa shape index (κ3) is 23.2. The van der Waals surface area contributed by atoms with E-state index in [0.717, 1.165) is 125 Å². The smallest absolute Gasteiger partial charge is 0.330 e. The van der Waals surface area contributed by atoms with E-state index in [4.69, 9.17) is 57.1 Å². The van der Waals surface area contributed by atoms with Gasteiger partial charge in [-0.05, 0) is 249 Å². The van der Waals surface area contributed by atoms with Gasteiger partial charge in [-0.1, -0.05) is 19.7 Å².